The van der Waals surface area contributed by atoms with Crippen LogP contribution in [0.3, 0.4) is 0 Å². The Kier molecular flexibility index (Phi) is 35.3. The lowest BCUT2D eigenvalue weighted by molar-refractivity contribution is -0.870. The van der Waals surface area contributed by atoms with Crippen LogP contribution in [0.4, 0.5) is 0 Å². The van der Waals surface area contributed by atoms with Crippen molar-refractivity contribution in [1.29, 1.82) is 0 Å². The van der Waals surface area contributed by atoms with E-state index >= 15 is 0 Å². The standard InChI is InChI=1S/C44H82NO9P/c1-6-8-10-12-14-15-16-17-18-19-20-21-23-27-31-35-43(47)51-39-42(40-53-55(49,50)52-38-37-45(3,4)5)54-44(48)36-32-28-24-26-30-34-41(46)33-29-25-22-13-11-9-7-2/h22,25,29,33,42H,6-21,23-24,26-28,30-32,34-40H2,1-5H3/b25-22-,33-29+/t42-/m1/s1. The van der Waals surface area contributed by atoms with Crippen molar-refractivity contribution in [3.63, 3.8) is 0 Å². The van der Waals surface area contributed by atoms with Crippen LogP contribution in [0.1, 0.15) is 187 Å². The molecule has 0 aromatic heterocycles. The van der Waals surface area contributed by atoms with E-state index in [0.717, 1.165) is 51.4 Å². The van der Waals surface area contributed by atoms with Crippen LogP contribution in [0.2, 0.25) is 0 Å². The third-order valence-electron chi connectivity index (χ3n) is 9.45. The summed E-state index contributed by atoms with van der Waals surface area (Å²) in [6.45, 7) is 4.04. The molecule has 322 valence electrons. The van der Waals surface area contributed by atoms with Crippen LogP contribution in [0.15, 0.2) is 24.3 Å². The number of hydrogen-bond acceptors (Lipinski definition) is 9. The van der Waals surface area contributed by atoms with E-state index in [-0.39, 0.29) is 31.8 Å². The zero-order chi connectivity index (χ0) is 40.9. The molecule has 0 radical (unpaired) electrons. The zero-order valence-corrected chi connectivity index (χ0v) is 36.8. The minimum atomic E-state index is -4.65. The monoisotopic (exact) mass is 800 g/mol. The SMILES string of the molecule is CCCCC/C=C\C=C\C(=O)CCCCCCCC(=O)O[C@H](COC(=O)CCCCCCCCCCCCCCCCC)COP(=O)([O-])OCC[N+](C)(C)C. The summed E-state index contributed by atoms with van der Waals surface area (Å²) in [4.78, 5) is 49.6. The van der Waals surface area contributed by atoms with E-state index in [1.165, 1.54) is 96.3 Å². The first-order chi connectivity index (χ1) is 26.4. The van der Waals surface area contributed by atoms with Crippen molar-refractivity contribution in [2.24, 2.45) is 0 Å². The number of allylic oxidation sites excluding steroid dienone is 4. The first-order valence-electron chi connectivity index (χ1n) is 22.0. The van der Waals surface area contributed by atoms with Crippen molar-refractivity contribution >= 4 is 25.5 Å². The highest BCUT2D eigenvalue weighted by atomic mass is 31.2. The second-order valence-electron chi connectivity index (χ2n) is 16.1. The highest BCUT2D eigenvalue weighted by molar-refractivity contribution is 7.45. The van der Waals surface area contributed by atoms with Crippen LogP contribution in [0, 0.1) is 0 Å². The lowest BCUT2D eigenvalue weighted by atomic mass is 10.0. The van der Waals surface area contributed by atoms with Crippen LogP contribution in [-0.2, 0) is 37.5 Å². The van der Waals surface area contributed by atoms with Gasteiger partial charge in [0.05, 0.1) is 27.7 Å². The number of likely N-dealkylation sites (N-methyl/N-ethyl adjacent to an activating group) is 1. The summed E-state index contributed by atoms with van der Waals surface area (Å²) in [5.41, 5.74) is 0. The second-order valence-corrected chi connectivity index (χ2v) is 17.5. The number of ether oxygens (including phenoxy) is 2. The van der Waals surface area contributed by atoms with Crippen molar-refractivity contribution in [2.45, 2.75) is 193 Å². The van der Waals surface area contributed by atoms with Crippen molar-refractivity contribution < 1.29 is 46.8 Å². The van der Waals surface area contributed by atoms with E-state index in [1.807, 2.05) is 33.3 Å². The fourth-order valence-corrected chi connectivity index (χ4v) is 6.66. The molecule has 0 heterocycles. The summed E-state index contributed by atoms with van der Waals surface area (Å²) in [5, 5.41) is 0. The molecule has 1 unspecified atom stereocenters. The summed E-state index contributed by atoms with van der Waals surface area (Å²) < 4.78 is 33.8. The molecule has 0 aliphatic rings. The maximum atomic E-state index is 12.7. The Balaban J connectivity index is 4.43. The van der Waals surface area contributed by atoms with E-state index < -0.39 is 32.5 Å². The van der Waals surface area contributed by atoms with Crippen LogP contribution in [0.25, 0.3) is 0 Å². The first kappa shape index (κ1) is 53.2. The zero-order valence-electron chi connectivity index (χ0n) is 35.9. The van der Waals surface area contributed by atoms with Gasteiger partial charge in [-0.25, -0.2) is 0 Å². The largest absolute Gasteiger partial charge is 0.756 e. The predicted octanol–water partition coefficient (Wildman–Crippen LogP) is 10.9. The van der Waals surface area contributed by atoms with Crippen LogP contribution in [0.5, 0.6) is 0 Å². The molecule has 55 heavy (non-hydrogen) atoms. The summed E-state index contributed by atoms with van der Waals surface area (Å²) in [5.74, 6) is -0.804. The second kappa shape index (κ2) is 36.5. The van der Waals surface area contributed by atoms with E-state index in [0.29, 0.717) is 23.9 Å². The molecule has 0 N–H and O–H groups in total. The fourth-order valence-electron chi connectivity index (χ4n) is 5.93. The molecule has 0 aliphatic carbocycles. The van der Waals surface area contributed by atoms with Gasteiger partial charge in [-0.05, 0) is 38.2 Å². The number of carbonyl (C=O) groups excluding carboxylic acids is 3. The van der Waals surface area contributed by atoms with Gasteiger partial charge in [0.25, 0.3) is 7.82 Å². The lowest BCUT2D eigenvalue weighted by Crippen LogP contribution is -2.37. The molecule has 0 amide bonds. The number of carbonyl (C=O) groups is 3. The Morgan fingerprint density at radius 1 is 0.600 bits per heavy atom. The number of hydrogen-bond donors (Lipinski definition) is 0. The molecule has 0 bridgehead atoms. The molecule has 0 saturated heterocycles. The summed E-state index contributed by atoms with van der Waals surface area (Å²) in [6.07, 6.45) is 34.5. The number of unbranched alkanes of at least 4 members (excludes halogenated alkanes) is 21. The molecular formula is C44H82NO9P. The van der Waals surface area contributed by atoms with Crippen LogP contribution < -0.4 is 4.89 Å². The molecule has 10 nitrogen and oxygen atoms in total. The highest BCUT2D eigenvalue weighted by Gasteiger charge is 2.21. The number of nitrogens with zero attached hydrogens (tertiary/aromatic N) is 1. The van der Waals surface area contributed by atoms with Gasteiger partial charge in [0, 0.05) is 19.3 Å². The molecule has 0 rings (SSSR count). The molecule has 11 heteroatoms. The van der Waals surface area contributed by atoms with Gasteiger partial charge in [-0.3, -0.25) is 18.9 Å². The average molecular weight is 800 g/mol. The number of phosphoric ester groups is 1. The van der Waals surface area contributed by atoms with Gasteiger partial charge in [-0.2, -0.15) is 0 Å². The molecule has 2 atom stereocenters. The van der Waals surface area contributed by atoms with Gasteiger partial charge in [0.1, 0.15) is 19.8 Å². The highest BCUT2D eigenvalue weighted by Crippen LogP contribution is 2.38. The minimum absolute atomic E-state index is 0.0512. The normalized spacial score (nSPS) is 13.7. The number of phosphoric acid groups is 1. The van der Waals surface area contributed by atoms with E-state index in [2.05, 4.69) is 19.9 Å². The Bertz CT molecular complexity index is 1060. The maximum absolute atomic E-state index is 12.7. The van der Waals surface area contributed by atoms with Gasteiger partial charge < -0.3 is 27.9 Å². The quantitative estimate of drug-likeness (QED) is 0.0148. The third kappa shape index (κ3) is 40.2. The minimum Gasteiger partial charge on any atom is -0.756 e. The Morgan fingerprint density at radius 2 is 1.07 bits per heavy atom. The smallest absolute Gasteiger partial charge is 0.306 e. The molecule has 0 aromatic carbocycles. The number of ketones is 1. The van der Waals surface area contributed by atoms with Gasteiger partial charge in [-0.15, -0.1) is 0 Å². The van der Waals surface area contributed by atoms with E-state index in [4.69, 9.17) is 18.5 Å². The van der Waals surface area contributed by atoms with Gasteiger partial charge >= 0.3 is 11.9 Å². The van der Waals surface area contributed by atoms with Gasteiger partial charge in [-0.1, -0.05) is 154 Å². The molecule has 0 saturated carbocycles. The van der Waals surface area contributed by atoms with Crippen molar-refractivity contribution in [2.75, 3.05) is 47.5 Å². The van der Waals surface area contributed by atoms with Crippen molar-refractivity contribution in [3.05, 3.63) is 24.3 Å². The topological polar surface area (TPSA) is 128 Å². The van der Waals surface area contributed by atoms with Crippen molar-refractivity contribution in [1.82, 2.24) is 0 Å². The fraction of sp³-hybridized carbons (Fsp3) is 0.841. The van der Waals surface area contributed by atoms with E-state index in [9.17, 15) is 23.8 Å². The molecular weight excluding hydrogens is 717 g/mol. The summed E-state index contributed by atoms with van der Waals surface area (Å²) in [7, 11) is 1.09. The Labute approximate surface area is 336 Å². The predicted molar refractivity (Wildman–Crippen MR) is 223 cm³/mol. The average Bonchev–Trinajstić information content (AvgIpc) is 3.12. The van der Waals surface area contributed by atoms with Crippen LogP contribution >= 0.6 is 7.82 Å². The summed E-state index contributed by atoms with van der Waals surface area (Å²) in [6, 6.07) is 0. The van der Waals surface area contributed by atoms with Crippen molar-refractivity contribution in [3.8, 4) is 0 Å². The van der Waals surface area contributed by atoms with E-state index in [1.54, 1.807) is 6.08 Å². The maximum Gasteiger partial charge on any atom is 0.306 e. The number of rotatable bonds is 40. The molecule has 0 spiro atoms. The van der Waals surface area contributed by atoms with Gasteiger partial charge in [0.15, 0.2) is 11.9 Å². The number of quaternary nitrogens is 1. The Hall–Kier alpha value is -1.84. The Morgan fingerprint density at radius 3 is 1.60 bits per heavy atom. The molecule has 0 fully saturated rings. The summed E-state index contributed by atoms with van der Waals surface area (Å²) >= 11 is 0. The molecule has 0 aliphatic heterocycles. The lowest BCUT2D eigenvalue weighted by Gasteiger charge is -2.28. The number of esters is 2. The first-order valence-corrected chi connectivity index (χ1v) is 23.5. The third-order valence-corrected chi connectivity index (χ3v) is 10.4. The van der Waals surface area contributed by atoms with Crippen LogP contribution in [-0.4, -0.2) is 75.8 Å². The molecule has 0 aromatic rings. The van der Waals surface area contributed by atoms with Gasteiger partial charge in [0.2, 0.25) is 0 Å².